The maximum absolute atomic E-state index is 13.6. The summed E-state index contributed by atoms with van der Waals surface area (Å²) in [5.41, 5.74) is 2.20. The SMILES string of the molecule is COc1cccc(N2CCN(S(=O)(=O)c3ccccc3-c3nc(-c4ccccc4)no3)CC2)c1. The molecule has 0 amide bonds. The predicted molar refractivity (Wildman–Crippen MR) is 129 cm³/mol. The maximum atomic E-state index is 13.6. The minimum absolute atomic E-state index is 0.160. The Morgan fingerprint density at radius 1 is 0.882 bits per heavy atom. The average Bonchev–Trinajstić information content (AvgIpc) is 3.40. The number of nitrogens with zero attached hydrogens (tertiary/aromatic N) is 4. The summed E-state index contributed by atoms with van der Waals surface area (Å²) in [5, 5.41) is 4.04. The molecule has 0 bridgehead atoms. The molecule has 174 valence electrons. The van der Waals surface area contributed by atoms with E-state index in [1.165, 1.54) is 4.31 Å². The minimum atomic E-state index is -3.76. The number of ether oxygens (including phenoxy) is 1. The molecular weight excluding hydrogens is 452 g/mol. The molecular formula is C25H24N4O4S. The lowest BCUT2D eigenvalue weighted by atomic mass is 10.2. The van der Waals surface area contributed by atoms with Crippen molar-refractivity contribution in [3.05, 3.63) is 78.9 Å². The molecule has 0 atom stereocenters. The van der Waals surface area contributed by atoms with E-state index in [0.29, 0.717) is 37.6 Å². The molecule has 1 aliphatic heterocycles. The van der Waals surface area contributed by atoms with Gasteiger partial charge < -0.3 is 14.2 Å². The molecule has 0 radical (unpaired) electrons. The second-order valence-corrected chi connectivity index (χ2v) is 9.78. The van der Waals surface area contributed by atoms with Gasteiger partial charge in [0.1, 0.15) is 5.75 Å². The standard InChI is InChI=1S/C25H24N4O4S/c1-32-21-11-7-10-20(18-21)28-14-16-29(17-15-28)34(30,31)23-13-6-5-12-22(23)25-26-24(27-33-25)19-8-3-2-4-9-19/h2-13,18H,14-17H2,1H3. The third kappa shape index (κ3) is 4.27. The number of hydrogen-bond donors (Lipinski definition) is 0. The third-order valence-electron chi connectivity index (χ3n) is 5.85. The van der Waals surface area contributed by atoms with Crippen molar-refractivity contribution in [1.29, 1.82) is 0 Å². The molecule has 0 N–H and O–H groups in total. The van der Waals surface area contributed by atoms with Crippen LogP contribution in [0.2, 0.25) is 0 Å². The van der Waals surface area contributed by atoms with Gasteiger partial charge in [0.25, 0.3) is 5.89 Å². The van der Waals surface area contributed by atoms with Crippen molar-refractivity contribution >= 4 is 15.7 Å². The van der Waals surface area contributed by atoms with E-state index in [1.807, 2.05) is 54.6 Å². The van der Waals surface area contributed by atoms with Crippen molar-refractivity contribution in [3.63, 3.8) is 0 Å². The van der Waals surface area contributed by atoms with Gasteiger partial charge in [0.05, 0.1) is 17.6 Å². The molecule has 8 nitrogen and oxygen atoms in total. The molecule has 0 spiro atoms. The van der Waals surface area contributed by atoms with Crippen LogP contribution in [-0.2, 0) is 10.0 Å². The number of sulfonamides is 1. The van der Waals surface area contributed by atoms with E-state index >= 15 is 0 Å². The summed E-state index contributed by atoms with van der Waals surface area (Å²) in [5.74, 6) is 1.36. The lowest BCUT2D eigenvalue weighted by Crippen LogP contribution is -2.48. The number of piperazine rings is 1. The molecule has 9 heteroatoms. The van der Waals surface area contributed by atoms with Gasteiger partial charge in [0, 0.05) is 43.5 Å². The molecule has 3 aromatic carbocycles. The van der Waals surface area contributed by atoms with E-state index in [0.717, 1.165) is 17.0 Å². The molecule has 1 saturated heterocycles. The first-order valence-corrected chi connectivity index (χ1v) is 12.4. The molecule has 34 heavy (non-hydrogen) atoms. The van der Waals surface area contributed by atoms with E-state index in [4.69, 9.17) is 9.26 Å². The smallest absolute Gasteiger partial charge is 0.259 e. The Kier molecular flexibility index (Phi) is 6.04. The van der Waals surface area contributed by atoms with Crippen LogP contribution in [0.25, 0.3) is 22.8 Å². The Balaban J connectivity index is 1.38. The van der Waals surface area contributed by atoms with Gasteiger partial charge in [-0.3, -0.25) is 0 Å². The normalized spacial score (nSPS) is 14.8. The third-order valence-corrected chi connectivity index (χ3v) is 7.81. The minimum Gasteiger partial charge on any atom is -0.497 e. The van der Waals surface area contributed by atoms with Gasteiger partial charge in [-0.2, -0.15) is 9.29 Å². The van der Waals surface area contributed by atoms with Gasteiger partial charge in [0.2, 0.25) is 15.8 Å². The van der Waals surface area contributed by atoms with Crippen LogP contribution in [0.4, 0.5) is 5.69 Å². The summed E-state index contributed by atoms with van der Waals surface area (Å²) in [7, 11) is -2.13. The van der Waals surface area contributed by atoms with E-state index in [9.17, 15) is 8.42 Å². The van der Waals surface area contributed by atoms with Crippen LogP contribution in [0, 0.1) is 0 Å². The van der Waals surface area contributed by atoms with Crippen molar-refractivity contribution in [1.82, 2.24) is 14.4 Å². The molecule has 0 unspecified atom stereocenters. The Hall–Kier alpha value is -3.69. The van der Waals surface area contributed by atoms with Gasteiger partial charge >= 0.3 is 0 Å². The van der Waals surface area contributed by atoms with Crippen LogP contribution in [0.5, 0.6) is 5.75 Å². The predicted octanol–water partition coefficient (Wildman–Crippen LogP) is 3.92. The number of hydrogen-bond acceptors (Lipinski definition) is 7. The summed E-state index contributed by atoms with van der Waals surface area (Å²) in [6.07, 6.45) is 0. The largest absolute Gasteiger partial charge is 0.497 e. The highest BCUT2D eigenvalue weighted by Gasteiger charge is 2.31. The Morgan fingerprint density at radius 2 is 1.62 bits per heavy atom. The summed E-state index contributed by atoms with van der Waals surface area (Å²) in [6, 6.07) is 24.0. The van der Waals surface area contributed by atoms with E-state index in [2.05, 4.69) is 15.0 Å². The maximum Gasteiger partial charge on any atom is 0.259 e. The zero-order valence-electron chi connectivity index (χ0n) is 18.7. The fourth-order valence-corrected chi connectivity index (χ4v) is 5.64. The van der Waals surface area contributed by atoms with Crippen LogP contribution in [0.15, 0.2) is 88.3 Å². The molecule has 1 aromatic heterocycles. The summed E-state index contributed by atoms with van der Waals surface area (Å²) in [4.78, 5) is 6.77. The highest BCUT2D eigenvalue weighted by Crippen LogP contribution is 2.31. The second kappa shape index (κ2) is 9.28. The number of methoxy groups -OCH3 is 1. The summed E-state index contributed by atoms with van der Waals surface area (Å²) < 4.78 is 39.5. The Bertz CT molecular complexity index is 1380. The highest BCUT2D eigenvalue weighted by molar-refractivity contribution is 7.89. The lowest BCUT2D eigenvalue weighted by Gasteiger charge is -2.35. The summed E-state index contributed by atoms with van der Waals surface area (Å²) in [6.45, 7) is 1.89. The fourth-order valence-electron chi connectivity index (χ4n) is 4.04. The van der Waals surface area contributed by atoms with Crippen molar-refractivity contribution in [3.8, 4) is 28.6 Å². The zero-order valence-corrected chi connectivity index (χ0v) is 19.5. The molecule has 0 saturated carbocycles. The first-order valence-electron chi connectivity index (χ1n) is 10.9. The first kappa shape index (κ1) is 22.1. The van der Waals surface area contributed by atoms with Crippen LogP contribution >= 0.6 is 0 Å². The topological polar surface area (TPSA) is 88.8 Å². The fraction of sp³-hybridized carbons (Fsp3) is 0.200. The van der Waals surface area contributed by atoms with Crippen LogP contribution in [-0.4, -0.2) is 56.2 Å². The molecule has 1 aliphatic rings. The van der Waals surface area contributed by atoms with E-state index in [1.54, 1.807) is 31.4 Å². The van der Waals surface area contributed by atoms with Gasteiger partial charge in [-0.25, -0.2) is 8.42 Å². The highest BCUT2D eigenvalue weighted by atomic mass is 32.2. The number of rotatable bonds is 6. The molecule has 2 heterocycles. The second-order valence-electron chi connectivity index (χ2n) is 7.88. The Labute approximate surface area is 198 Å². The van der Waals surface area contributed by atoms with E-state index < -0.39 is 10.0 Å². The molecule has 1 fully saturated rings. The van der Waals surface area contributed by atoms with Gasteiger partial charge in [-0.1, -0.05) is 53.7 Å². The average molecular weight is 477 g/mol. The zero-order chi connectivity index (χ0) is 23.5. The quantitative estimate of drug-likeness (QED) is 0.417. The van der Waals surface area contributed by atoms with Crippen molar-refractivity contribution in [2.45, 2.75) is 4.90 Å². The Morgan fingerprint density at radius 3 is 2.38 bits per heavy atom. The van der Waals surface area contributed by atoms with Gasteiger partial charge in [-0.05, 0) is 24.3 Å². The summed E-state index contributed by atoms with van der Waals surface area (Å²) >= 11 is 0. The number of aromatic nitrogens is 2. The van der Waals surface area contributed by atoms with Crippen LogP contribution < -0.4 is 9.64 Å². The first-order chi connectivity index (χ1) is 16.6. The number of benzene rings is 3. The van der Waals surface area contributed by atoms with Crippen LogP contribution in [0.3, 0.4) is 0 Å². The van der Waals surface area contributed by atoms with Gasteiger partial charge in [0.15, 0.2) is 0 Å². The molecule has 5 rings (SSSR count). The van der Waals surface area contributed by atoms with E-state index in [-0.39, 0.29) is 10.8 Å². The van der Waals surface area contributed by atoms with Crippen molar-refractivity contribution < 1.29 is 17.7 Å². The monoisotopic (exact) mass is 476 g/mol. The lowest BCUT2D eigenvalue weighted by molar-refractivity contribution is 0.383. The van der Waals surface area contributed by atoms with Crippen molar-refractivity contribution in [2.24, 2.45) is 0 Å². The molecule has 0 aliphatic carbocycles. The molecule has 4 aromatic rings. The number of anilines is 1. The van der Waals surface area contributed by atoms with Gasteiger partial charge in [-0.15, -0.1) is 0 Å². The van der Waals surface area contributed by atoms with Crippen molar-refractivity contribution in [2.75, 3.05) is 38.2 Å². The van der Waals surface area contributed by atoms with Crippen LogP contribution in [0.1, 0.15) is 0 Å².